The summed E-state index contributed by atoms with van der Waals surface area (Å²) in [7, 11) is 2.12. The molecular formula is C8H15NO. The molecular weight excluding hydrogens is 126 g/mol. The van der Waals surface area contributed by atoms with Crippen LogP contribution in [-0.4, -0.2) is 31.3 Å². The Morgan fingerprint density at radius 3 is 3.10 bits per heavy atom. The van der Waals surface area contributed by atoms with Crippen molar-refractivity contribution in [2.24, 2.45) is 5.92 Å². The maximum absolute atomic E-state index is 10.2. The van der Waals surface area contributed by atoms with Gasteiger partial charge < -0.3 is 9.69 Å². The molecule has 0 spiro atoms. The summed E-state index contributed by atoms with van der Waals surface area (Å²) in [5, 5.41) is 0. The number of carbonyl (C=O) groups excluding carboxylic acids is 1. The zero-order valence-corrected chi connectivity index (χ0v) is 6.55. The molecule has 1 aliphatic heterocycles. The second-order valence-corrected chi connectivity index (χ2v) is 3.17. The molecule has 1 atom stereocenters. The smallest absolute Gasteiger partial charge is 0.120 e. The van der Waals surface area contributed by atoms with Gasteiger partial charge in [-0.1, -0.05) is 0 Å². The first-order chi connectivity index (χ1) is 4.83. The number of likely N-dealkylation sites (tertiary alicyclic amines) is 1. The van der Waals surface area contributed by atoms with Gasteiger partial charge in [0.15, 0.2) is 0 Å². The number of hydrogen-bond acceptors (Lipinski definition) is 2. The predicted octanol–water partition coefficient (Wildman–Crippen LogP) is 0.917. The number of rotatable bonds is 2. The summed E-state index contributed by atoms with van der Waals surface area (Å²) in [6, 6.07) is 0. The van der Waals surface area contributed by atoms with Gasteiger partial charge >= 0.3 is 0 Å². The Kier molecular flexibility index (Phi) is 2.87. The molecule has 0 N–H and O–H groups in total. The molecule has 0 amide bonds. The first-order valence-corrected chi connectivity index (χ1v) is 3.95. The summed E-state index contributed by atoms with van der Waals surface area (Å²) < 4.78 is 0. The summed E-state index contributed by atoms with van der Waals surface area (Å²) >= 11 is 0. The van der Waals surface area contributed by atoms with Gasteiger partial charge in [0.1, 0.15) is 6.29 Å². The fourth-order valence-electron chi connectivity index (χ4n) is 1.60. The summed E-state index contributed by atoms with van der Waals surface area (Å²) in [6.07, 6.45) is 4.30. The number of piperidine rings is 1. The van der Waals surface area contributed by atoms with Crippen molar-refractivity contribution in [1.29, 1.82) is 0 Å². The van der Waals surface area contributed by atoms with Crippen molar-refractivity contribution >= 4 is 6.29 Å². The van der Waals surface area contributed by atoms with Crippen molar-refractivity contribution < 1.29 is 4.79 Å². The Bertz CT molecular complexity index is 114. The van der Waals surface area contributed by atoms with Gasteiger partial charge in [0.05, 0.1) is 0 Å². The molecule has 2 heteroatoms. The zero-order valence-electron chi connectivity index (χ0n) is 6.55. The van der Waals surface area contributed by atoms with Crippen LogP contribution in [0.2, 0.25) is 0 Å². The van der Waals surface area contributed by atoms with E-state index in [9.17, 15) is 4.79 Å². The van der Waals surface area contributed by atoms with Gasteiger partial charge in [-0.3, -0.25) is 0 Å². The third-order valence-corrected chi connectivity index (χ3v) is 2.15. The van der Waals surface area contributed by atoms with Crippen molar-refractivity contribution in [2.75, 3.05) is 20.1 Å². The molecule has 10 heavy (non-hydrogen) atoms. The maximum atomic E-state index is 10.2. The van der Waals surface area contributed by atoms with E-state index in [1.54, 1.807) is 0 Å². The van der Waals surface area contributed by atoms with E-state index in [1.165, 1.54) is 19.4 Å². The predicted molar refractivity (Wildman–Crippen MR) is 40.9 cm³/mol. The zero-order chi connectivity index (χ0) is 7.40. The normalized spacial score (nSPS) is 28.3. The molecule has 2 nitrogen and oxygen atoms in total. The lowest BCUT2D eigenvalue weighted by molar-refractivity contribution is -0.108. The van der Waals surface area contributed by atoms with Gasteiger partial charge in [-0.15, -0.1) is 0 Å². The van der Waals surface area contributed by atoms with E-state index < -0.39 is 0 Å². The lowest BCUT2D eigenvalue weighted by Gasteiger charge is -2.28. The highest BCUT2D eigenvalue weighted by Crippen LogP contribution is 2.16. The van der Waals surface area contributed by atoms with E-state index in [-0.39, 0.29) is 0 Å². The minimum Gasteiger partial charge on any atom is -0.306 e. The molecule has 0 bridgehead atoms. The fourth-order valence-corrected chi connectivity index (χ4v) is 1.60. The molecule has 0 aromatic rings. The standard InChI is InChI=1S/C8H15NO/c1-9-5-2-3-8(7-9)4-6-10/h6,8H,2-5,7H2,1H3/t8-/m1/s1. The van der Waals surface area contributed by atoms with Crippen LogP contribution in [0.5, 0.6) is 0 Å². The first kappa shape index (κ1) is 7.73. The quantitative estimate of drug-likeness (QED) is 0.533. The Labute approximate surface area is 62.2 Å². The second-order valence-electron chi connectivity index (χ2n) is 3.17. The van der Waals surface area contributed by atoms with E-state index >= 15 is 0 Å². The number of hydrogen-bond donors (Lipinski definition) is 0. The Hall–Kier alpha value is -0.370. The van der Waals surface area contributed by atoms with Crippen LogP contribution >= 0.6 is 0 Å². The van der Waals surface area contributed by atoms with Gasteiger partial charge in [0, 0.05) is 13.0 Å². The fraction of sp³-hybridized carbons (Fsp3) is 0.875. The van der Waals surface area contributed by atoms with Gasteiger partial charge in [-0.2, -0.15) is 0 Å². The third-order valence-electron chi connectivity index (χ3n) is 2.15. The van der Waals surface area contributed by atoms with Gasteiger partial charge in [-0.05, 0) is 32.4 Å². The number of aldehydes is 1. The van der Waals surface area contributed by atoms with Crippen LogP contribution < -0.4 is 0 Å². The molecule has 1 aliphatic rings. The Morgan fingerprint density at radius 2 is 2.50 bits per heavy atom. The number of nitrogens with zero attached hydrogens (tertiary/aromatic N) is 1. The van der Waals surface area contributed by atoms with Crippen LogP contribution in [0.15, 0.2) is 0 Å². The summed E-state index contributed by atoms with van der Waals surface area (Å²) in [5.74, 6) is 0.635. The van der Waals surface area contributed by atoms with Gasteiger partial charge in [-0.25, -0.2) is 0 Å². The van der Waals surface area contributed by atoms with E-state index in [2.05, 4.69) is 11.9 Å². The van der Waals surface area contributed by atoms with Crippen molar-refractivity contribution in [3.63, 3.8) is 0 Å². The Balaban J connectivity index is 2.24. The molecule has 0 aliphatic carbocycles. The first-order valence-electron chi connectivity index (χ1n) is 3.95. The average Bonchev–Trinajstić information content (AvgIpc) is 1.88. The average molecular weight is 141 g/mol. The summed E-state index contributed by atoms with van der Waals surface area (Å²) in [6.45, 7) is 2.31. The number of carbonyl (C=O) groups is 1. The lowest BCUT2D eigenvalue weighted by Crippen LogP contribution is -2.32. The van der Waals surface area contributed by atoms with Crippen LogP contribution in [0.4, 0.5) is 0 Å². The summed E-state index contributed by atoms with van der Waals surface area (Å²) in [5.41, 5.74) is 0. The highest BCUT2D eigenvalue weighted by atomic mass is 16.1. The van der Waals surface area contributed by atoms with Gasteiger partial charge in [0.2, 0.25) is 0 Å². The third kappa shape index (κ3) is 2.10. The minimum absolute atomic E-state index is 0.635. The molecule has 0 aromatic heterocycles. The monoisotopic (exact) mass is 141 g/mol. The lowest BCUT2D eigenvalue weighted by atomic mass is 9.96. The van der Waals surface area contributed by atoms with Crippen LogP contribution in [0.25, 0.3) is 0 Å². The molecule has 0 unspecified atom stereocenters. The molecule has 1 heterocycles. The van der Waals surface area contributed by atoms with Crippen LogP contribution in [0.3, 0.4) is 0 Å². The minimum atomic E-state index is 0.635. The van der Waals surface area contributed by atoms with Crippen LogP contribution in [0.1, 0.15) is 19.3 Å². The van der Waals surface area contributed by atoms with E-state index in [4.69, 9.17) is 0 Å². The van der Waals surface area contributed by atoms with Crippen LogP contribution in [0, 0.1) is 5.92 Å². The summed E-state index contributed by atoms with van der Waals surface area (Å²) in [4.78, 5) is 12.5. The Morgan fingerprint density at radius 1 is 1.70 bits per heavy atom. The van der Waals surface area contributed by atoms with Crippen molar-refractivity contribution in [1.82, 2.24) is 4.90 Å². The highest BCUT2D eigenvalue weighted by molar-refractivity contribution is 5.49. The largest absolute Gasteiger partial charge is 0.306 e. The van der Waals surface area contributed by atoms with E-state index in [1.807, 2.05) is 0 Å². The molecule has 1 rings (SSSR count). The van der Waals surface area contributed by atoms with E-state index in [0.717, 1.165) is 19.3 Å². The molecule has 0 saturated carbocycles. The van der Waals surface area contributed by atoms with Crippen LogP contribution in [-0.2, 0) is 4.79 Å². The molecule has 1 saturated heterocycles. The topological polar surface area (TPSA) is 20.3 Å². The molecule has 0 aromatic carbocycles. The second kappa shape index (κ2) is 3.71. The maximum Gasteiger partial charge on any atom is 0.120 e. The van der Waals surface area contributed by atoms with Crippen molar-refractivity contribution in [3.05, 3.63) is 0 Å². The van der Waals surface area contributed by atoms with Gasteiger partial charge in [0.25, 0.3) is 0 Å². The molecule has 0 radical (unpaired) electrons. The highest BCUT2D eigenvalue weighted by Gasteiger charge is 2.15. The molecule has 58 valence electrons. The SMILES string of the molecule is CN1CCC[C@H](CC=O)C1. The van der Waals surface area contributed by atoms with Crippen molar-refractivity contribution in [2.45, 2.75) is 19.3 Å². The van der Waals surface area contributed by atoms with Crippen molar-refractivity contribution in [3.8, 4) is 0 Å². The molecule has 1 fully saturated rings. The van der Waals surface area contributed by atoms with E-state index in [0.29, 0.717) is 5.92 Å².